The van der Waals surface area contributed by atoms with Gasteiger partial charge in [-0.15, -0.1) is 0 Å². The quantitative estimate of drug-likeness (QED) is 0.623. The molecule has 1 aromatic carbocycles. The Morgan fingerprint density at radius 1 is 1.06 bits per heavy atom. The Bertz CT molecular complexity index is 1080. The molecule has 0 spiro atoms. The third kappa shape index (κ3) is 6.31. The fourth-order valence-corrected chi connectivity index (χ4v) is 3.92. The fraction of sp³-hybridized carbons (Fsp3) is 0.450. The van der Waals surface area contributed by atoms with Crippen molar-refractivity contribution in [2.75, 3.05) is 19.4 Å². The number of nitrogens with zero attached hydrogens (tertiary/aromatic N) is 3. The molecule has 12 heteroatoms. The summed E-state index contributed by atoms with van der Waals surface area (Å²) < 4.78 is 42.4. The standard InChI is InChI=1S/C20H28FN5O4S.Na/c1-11(2)14-8-13(21)9-15(12(3)4)18(14)22-20(28)24-31(29,30)17-10-16(26(7)23-17)19(27)25(5)6;/h8-12H,1-7H3,(H2,22,24,28);. The summed E-state index contributed by atoms with van der Waals surface area (Å²) in [6.45, 7) is 7.37. The smallest absolute Gasteiger partial charge is 0.333 e. The molecule has 0 aliphatic carbocycles. The first-order valence-corrected chi connectivity index (χ1v) is 11.2. The van der Waals surface area contributed by atoms with E-state index in [1.54, 1.807) is 0 Å². The van der Waals surface area contributed by atoms with Crippen LogP contribution in [0.3, 0.4) is 0 Å². The van der Waals surface area contributed by atoms with Gasteiger partial charge in [-0.1, -0.05) is 27.7 Å². The number of benzene rings is 1. The largest absolute Gasteiger partial charge is 0.343 e. The second-order valence-corrected chi connectivity index (χ2v) is 9.65. The molecule has 0 fully saturated rings. The van der Waals surface area contributed by atoms with Gasteiger partial charge in [0.2, 0.25) is 0 Å². The molecular formula is C20H28FN5NaO4S. The number of carbonyl (C=O) groups excluding carboxylic acids is 2. The van der Waals surface area contributed by atoms with Gasteiger partial charge in [0.15, 0.2) is 5.03 Å². The van der Waals surface area contributed by atoms with Crippen molar-refractivity contribution in [2.45, 2.75) is 44.6 Å². The van der Waals surface area contributed by atoms with Crippen molar-refractivity contribution in [3.8, 4) is 0 Å². The monoisotopic (exact) mass is 476 g/mol. The van der Waals surface area contributed by atoms with Gasteiger partial charge < -0.3 is 10.2 Å². The Balaban J connectivity index is 0.00000512. The van der Waals surface area contributed by atoms with E-state index in [0.717, 1.165) is 10.7 Å². The van der Waals surface area contributed by atoms with Crippen LogP contribution >= 0.6 is 0 Å². The maximum atomic E-state index is 14.1. The van der Waals surface area contributed by atoms with Gasteiger partial charge in [-0.05, 0) is 35.1 Å². The number of rotatable bonds is 6. The summed E-state index contributed by atoms with van der Waals surface area (Å²) >= 11 is 0. The number of aromatic nitrogens is 2. The summed E-state index contributed by atoms with van der Waals surface area (Å²) in [6.07, 6.45) is 0. The van der Waals surface area contributed by atoms with Crippen LogP contribution < -0.4 is 10.0 Å². The summed E-state index contributed by atoms with van der Waals surface area (Å²) in [5.41, 5.74) is 1.51. The Hall–Kier alpha value is -1.95. The molecule has 2 aromatic rings. The van der Waals surface area contributed by atoms with Crippen LogP contribution in [0.4, 0.5) is 14.9 Å². The van der Waals surface area contributed by atoms with Gasteiger partial charge in [0.25, 0.3) is 15.9 Å². The van der Waals surface area contributed by atoms with E-state index in [2.05, 4.69) is 10.4 Å². The van der Waals surface area contributed by atoms with E-state index in [4.69, 9.17) is 0 Å². The molecule has 0 bridgehead atoms. The van der Waals surface area contributed by atoms with Crippen molar-refractivity contribution in [1.29, 1.82) is 0 Å². The molecule has 3 amide bonds. The van der Waals surface area contributed by atoms with E-state index in [0.29, 0.717) is 16.8 Å². The average Bonchev–Trinajstić information content (AvgIpc) is 3.03. The second kappa shape index (κ2) is 10.8. The molecule has 32 heavy (non-hydrogen) atoms. The molecule has 2 rings (SSSR count). The maximum absolute atomic E-state index is 14.1. The molecular weight excluding hydrogens is 448 g/mol. The number of aryl methyl sites for hydroxylation is 1. The summed E-state index contributed by atoms with van der Waals surface area (Å²) in [4.78, 5) is 26.0. The molecule has 0 saturated heterocycles. The molecule has 0 atom stereocenters. The normalized spacial score (nSPS) is 11.3. The average molecular weight is 477 g/mol. The predicted molar refractivity (Wildman–Crippen MR) is 121 cm³/mol. The van der Waals surface area contributed by atoms with Crippen LogP contribution in [0, 0.1) is 5.82 Å². The third-order valence-corrected chi connectivity index (χ3v) is 5.84. The van der Waals surface area contributed by atoms with Gasteiger partial charge >= 0.3 is 6.03 Å². The van der Waals surface area contributed by atoms with Gasteiger partial charge in [-0.3, -0.25) is 9.48 Å². The van der Waals surface area contributed by atoms with Gasteiger partial charge in [-0.25, -0.2) is 13.9 Å². The summed E-state index contributed by atoms with van der Waals surface area (Å²) in [7, 11) is 0.124. The summed E-state index contributed by atoms with van der Waals surface area (Å²) in [5.74, 6) is -1.10. The molecule has 1 radical (unpaired) electrons. The van der Waals surface area contributed by atoms with E-state index < -0.39 is 32.8 Å². The minimum Gasteiger partial charge on any atom is -0.343 e. The van der Waals surface area contributed by atoms with Crippen LogP contribution in [0.5, 0.6) is 0 Å². The number of carbonyl (C=O) groups is 2. The number of amides is 3. The van der Waals surface area contributed by atoms with Crippen LogP contribution in [0.25, 0.3) is 0 Å². The number of nitrogens with one attached hydrogen (secondary N) is 2. The first kappa shape index (κ1) is 28.1. The molecule has 2 N–H and O–H groups in total. The number of urea groups is 1. The van der Waals surface area contributed by atoms with Crippen molar-refractivity contribution in [1.82, 2.24) is 19.4 Å². The van der Waals surface area contributed by atoms with Gasteiger partial charge in [0.1, 0.15) is 11.5 Å². The van der Waals surface area contributed by atoms with Crippen LogP contribution in [-0.2, 0) is 17.1 Å². The van der Waals surface area contributed by atoms with E-state index in [1.807, 2.05) is 32.4 Å². The summed E-state index contributed by atoms with van der Waals surface area (Å²) in [5, 5.41) is 5.92. The first-order chi connectivity index (χ1) is 14.2. The zero-order valence-electron chi connectivity index (χ0n) is 19.6. The summed E-state index contributed by atoms with van der Waals surface area (Å²) in [6, 6.07) is 2.72. The zero-order chi connectivity index (χ0) is 23.7. The Kier molecular flexibility index (Phi) is 9.46. The SMILES string of the molecule is CC(C)c1cc(F)cc(C(C)C)c1NC(=O)NS(=O)(=O)c1cc(C(=O)N(C)C)n(C)n1.[Na]. The minimum absolute atomic E-state index is 0. The molecule has 1 heterocycles. The second-order valence-electron chi connectivity index (χ2n) is 8.02. The van der Waals surface area contributed by atoms with Gasteiger partial charge in [0, 0.05) is 62.5 Å². The number of sulfonamides is 1. The zero-order valence-corrected chi connectivity index (χ0v) is 22.5. The molecule has 0 unspecified atom stereocenters. The number of halogens is 1. The molecule has 0 aliphatic heterocycles. The predicted octanol–water partition coefficient (Wildman–Crippen LogP) is 2.64. The Morgan fingerprint density at radius 2 is 1.56 bits per heavy atom. The van der Waals surface area contributed by atoms with E-state index in [9.17, 15) is 22.4 Å². The Morgan fingerprint density at radius 3 is 2.00 bits per heavy atom. The number of hydrogen-bond donors (Lipinski definition) is 2. The van der Waals surface area contributed by atoms with Gasteiger partial charge in [-0.2, -0.15) is 13.5 Å². The van der Waals surface area contributed by atoms with E-state index in [1.165, 1.54) is 38.2 Å². The van der Waals surface area contributed by atoms with Crippen LogP contribution in [0.15, 0.2) is 23.2 Å². The molecule has 0 saturated carbocycles. The van der Waals surface area contributed by atoms with Crippen molar-refractivity contribution in [2.24, 2.45) is 7.05 Å². The molecule has 0 aliphatic rings. The number of anilines is 1. The molecule has 171 valence electrons. The van der Waals surface area contributed by atoms with Crippen molar-refractivity contribution < 1.29 is 22.4 Å². The van der Waals surface area contributed by atoms with Crippen molar-refractivity contribution in [3.63, 3.8) is 0 Å². The number of hydrogen-bond acceptors (Lipinski definition) is 5. The first-order valence-electron chi connectivity index (χ1n) is 9.67. The molecule has 1 aromatic heterocycles. The van der Waals surface area contributed by atoms with E-state index in [-0.39, 0.29) is 47.1 Å². The Labute approximate surface area is 210 Å². The fourth-order valence-electron chi connectivity index (χ4n) is 3.02. The maximum Gasteiger partial charge on any atom is 0.333 e. The van der Waals surface area contributed by atoms with Crippen LogP contribution in [0.1, 0.15) is 61.1 Å². The minimum atomic E-state index is -4.35. The van der Waals surface area contributed by atoms with Crippen LogP contribution in [-0.4, -0.2) is 78.7 Å². The van der Waals surface area contributed by atoms with Crippen LogP contribution in [0.2, 0.25) is 0 Å². The van der Waals surface area contributed by atoms with E-state index >= 15 is 0 Å². The van der Waals surface area contributed by atoms with Gasteiger partial charge in [0.05, 0.1) is 0 Å². The van der Waals surface area contributed by atoms with Crippen molar-refractivity contribution in [3.05, 3.63) is 40.8 Å². The molecule has 9 nitrogen and oxygen atoms in total. The third-order valence-electron chi connectivity index (χ3n) is 4.63. The topological polar surface area (TPSA) is 113 Å². The van der Waals surface area contributed by atoms with Crippen molar-refractivity contribution >= 4 is 57.2 Å².